The lowest BCUT2D eigenvalue weighted by Crippen LogP contribution is -1.62. The average Bonchev–Trinajstić information content (AvgIpc) is 1.97. The topological polar surface area (TPSA) is 0 Å². The van der Waals surface area contributed by atoms with E-state index in [1.54, 1.807) is 0 Å². The van der Waals surface area contributed by atoms with E-state index >= 15 is 0 Å². The summed E-state index contributed by atoms with van der Waals surface area (Å²) in [5, 5.41) is 0.0110. The van der Waals surface area contributed by atoms with Gasteiger partial charge in [-0.1, -0.05) is 35.3 Å². The molecular weight excluding hydrogens is 143 g/mol. The van der Waals surface area contributed by atoms with Gasteiger partial charge >= 0.3 is 0 Å². The Morgan fingerprint density at radius 1 is 1.25 bits per heavy atom. The second-order valence-electron chi connectivity index (χ2n) is 1.19. The van der Waals surface area contributed by atoms with E-state index in [0.29, 0.717) is 0 Å². The van der Waals surface area contributed by atoms with Crippen molar-refractivity contribution < 1.29 is 4.11 Å². The highest BCUT2D eigenvalue weighted by Gasteiger charge is 1.89. The molecule has 0 aliphatic carbocycles. The van der Waals surface area contributed by atoms with Gasteiger partial charge in [0.15, 0.2) is 0 Å². The molecule has 0 unspecified atom stereocenters. The van der Waals surface area contributed by atoms with Crippen LogP contribution in [-0.2, 0) is 0 Å². The predicted octanol–water partition coefficient (Wildman–Crippen LogP) is 2.99. The van der Waals surface area contributed by atoms with Crippen LogP contribution in [-0.4, -0.2) is 0 Å². The van der Waals surface area contributed by atoms with Crippen LogP contribution in [0.1, 0.15) is 4.11 Å². The van der Waals surface area contributed by atoms with Crippen LogP contribution in [0.15, 0.2) is 24.2 Å². The third-order valence-corrected chi connectivity index (χ3v) is 1.32. The van der Waals surface area contributed by atoms with Crippen LogP contribution in [0.25, 0.3) is 0 Å². The summed E-state index contributed by atoms with van der Waals surface area (Å²) in [5.41, 5.74) is 0. The first-order valence-electron chi connectivity index (χ1n) is 3.46. The van der Waals surface area contributed by atoms with Crippen molar-refractivity contribution in [3.63, 3.8) is 0 Å². The van der Waals surface area contributed by atoms with Gasteiger partial charge in [0.2, 0.25) is 0 Å². The summed E-state index contributed by atoms with van der Waals surface area (Å²) in [7, 11) is 0. The SMILES string of the molecule is [2H]c1cc([2H])c(Cl)c(Cl)c1[2H]. The quantitative estimate of drug-likeness (QED) is 0.533. The van der Waals surface area contributed by atoms with Gasteiger partial charge in [0.1, 0.15) is 0 Å². The third-order valence-electron chi connectivity index (χ3n) is 0.646. The van der Waals surface area contributed by atoms with Gasteiger partial charge < -0.3 is 0 Å². The summed E-state index contributed by atoms with van der Waals surface area (Å²) in [5.74, 6) is 0. The van der Waals surface area contributed by atoms with Crippen LogP contribution in [0.3, 0.4) is 0 Å². The lowest BCUT2D eigenvalue weighted by molar-refractivity contribution is 1.71. The van der Waals surface area contributed by atoms with Gasteiger partial charge in [0, 0.05) is 0 Å². The lowest BCUT2D eigenvalue weighted by Gasteiger charge is -1.88. The van der Waals surface area contributed by atoms with Gasteiger partial charge in [-0.05, 0) is 12.1 Å². The first kappa shape index (κ1) is 3.09. The second kappa shape index (κ2) is 2.38. The third kappa shape index (κ3) is 1.15. The van der Waals surface area contributed by atoms with Crippen LogP contribution >= 0.6 is 23.2 Å². The zero-order valence-corrected chi connectivity index (χ0v) is 5.35. The smallest absolute Gasteiger partial charge is 0.0639 e. The van der Waals surface area contributed by atoms with Crippen molar-refractivity contribution in [3.05, 3.63) is 34.2 Å². The van der Waals surface area contributed by atoms with Gasteiger partial charge in [-0.3, -0.25) is 0 Å². The van der Waals surface area contributed by atoms with Gasteiger partial charge in [-0.15, -0.1) is 0 Å². The maximum absolute atomic E-state index is 7.19. The summed E-state index contributed by atoms with van der Waals surface area (Å²) in [4.78, 5) is 0. The molecule has 1 rings (SSSR count). The Hall–Kier alpha value is -0.200. The van der Waals surface area contributed by atoms with Crippen LogP contribution in [0.5, 0.6) is 0 Å². The summed E-state index contributed by atoms with van der Waals surface area (Å²) in [6.45, 7) is 0. The number of hydrogen-bond donors (Lipinski definition) is 0. The molecule has 0 aliphatic rings. The Morgan fingerprint density at radius 2 is 1.88 bits per heavy atom. The second-order valence-corrected chi connectivity index (χ2v) is 1.94. The molecule has 8 heavy (non-hydrogen) atoms. The molecule has 0 aliphatic heterocycles. The Morgan fingerprint density at radius 3 is 2.62 bits per heavy atom. The number of rotatable bonds is 0. The fourth-order valence-electron chi connectivity index (χ4n) is 0.317. The molecule has 0 nitrogen and oxygen atoms in total. The van der Waals surface area contributed by atoms with Crippen LogP contribution in [0, 0.1) is 0 Å². The standard InChI is InChI=1S/C6H4Cl2/c7-5-3-1-2-4-6(5)8/h1-4H/i1D,3D,4D. The average molecular weight is 150 g/mol. The molecule has 42 valence electrons. The van der Waals surface area contributed by atoms with Gasteiger partial charge in [-0.2, -0.15) is 0 Å². The molecule has 0 N–H and O–H groups in total. The van der Waals surface area contributed by atoms with Crippen molar-refractivity contribution in [1.29, 1.82) is 0 Å². The minimum absolute atomic E-state index is 0.0160. The van der Waals surface area contributed by atoms with Crippen molar-refractivity contribution in [2.75, 3.05) is 0 Å². The maximum Gasteiger partial charge on any atom is 0.0639 e. The molecule has 0 saturated heterocycles. The monoisotopic (exact) mass is 149 g/mol. The van der Waals surface area contributed by atoms with E-state index in [9.17, 15) is 0 Å². The molecule has 0 bridgehead atoms. The van der Waals surface area contributed by atoms with Gasteiger partial charge in [0.05, 0.1) is 14.2 Å². The van der Waals surface area contributed by atoms with Crippen molar-refractivity contribution >= 4 is 23.2 Å². The highest BCUT2D eigenvalue weighted by atomic mass is 35.5. The molecule has 1 aromatic carbocycles. The number of hydrogen-bond acceptors (Lipinski definition) is 0. The molecule has 0 aromatic heterocycles. The minimum atomic E-state index is -0.132. The van der Waals surface area contributed by atoms with E-state index in [2.05, 4.69) is 0 Å². The molecule has 1 aromatic rings. The fourth-order valence-corrected chi connectivity index (χ4v) is 0.528. The highest BCUT2D eigenvalue weighted by molar-refractivity contribution is 6.41. The molecule has 0 heterocycles. The molecule has 0 radical (unpaired) electrons. The summed E-state index contributed by atoms with van der Waals surface area (Å²) < 4.78 is 21.5. The van der Waals surface area contributed by atoms with Gasteiger partial charge in [-0.25, -0.2) is 0 Å². The normalized spacial score (nSPS) is 14.5. The maximum atomic E-state index is 7.19. The molecule has 0 saturated carbocycles. The number of benzene rings is 1. The Balaban J connectivity index is 3.46. The number of halogens is 2. The Kier molecular flexibility index (Phi) is 0.921. The molecular formula is C6H4Cl2. The Bertz CT molecular complexity index is 272. The summed E-state index contributed by atoms with van der Waals surface area (Å²) in [6, 6.07) is 0.964. The first-order valence-corrected chi connectivity index (χ1v) is 2.71. The van der Waals surface area contributed by atoms with Crippen LogP contribution in [0.2, 0.25) is 10.0 Å². The van der Waals surface area contributed by atoms with Crippen LogP contribution in [0.4, 0.5) is 0 Å². The van der Waals surface area contributed by atoms with E-state index in [-0.39, 0.29) is 28.2 Å². The largest absolute Gasteiger partial charge is 0.0827 e. The minimum Gasteiger partial charge on any atom is -0.0827 e. The summed E-state index contributed by atoms with van der Waals surface area (Å²) >= 11 is 11.1. The molecule has 0 spiro atoms. The zero-order chi connectivity index (χ0) is 8.59. The first-order chi connectivity index (χ1) is 5.04. The van der Waals surface area contributed by atoms with E-state index in [1.165, 1.54) is 6.07 Å². The van der Waals surface area contributed by atoms with Gasteiger partial charge in [0.25, 0.3) is 0 Å². The summed E-state index contributed by atoms with van der Waals surface area (Å²) in [6.07, 6.45) is 0. The van der Waals surface area contributed by atoms with E-state index in [0.717, 1.165) is 0 Å². The lowest BCUT2D eigenvalue weighted by atomic mass is 10.4. The van der Waals surface area contributed by atoms with E-state index in [1.807, 2.05) is 0 Å². The molecule has 0 amide bonds. The highest BCUT2D eigenvalue weighted by Crippen LogP contribution is 2.19. The zero-order valence-electron chi connectivity index (χ0n) is 6.83. The van der Waals surface area contributed by atoms with Crippen molar-refractivity contribution in [2.45, 2.75) is 0 Å². The van der Waals surface area contributed by atoms with Crippen molar-refractivity contribution in [3.8, 4) is 0 Å². The molecule has 0 fully saturated rings. The van der Waals surface area contributed by atoms with E-state index < -0.39 is 0 Å². The molecule has 2 heteroatoms. The van der Waals surface area contributed by atoms with Crippen molar-refractivity contribution in [1.82, 2.24) is 0 Å². The molecule has 0 atom stereocenters. The Labute approximate surface area is 62.3 Å². The predicted molar refractivity (Wildman–Crippen MR) is 36.5 cm³/mol. The van der Waals surface area contributed by atoms with E-state index in [4.69, 9.17) is 27.3 Å². The fraction of sp³-hybridized carbons (Fsp3) is 0. The van der Waals surface area contributed by atoms with Crippen molar-refractivity contribution in [2.24, 2.45) is 0 Å². The van der Waals surface area contributed by atoms with Crippen LogP contribution < -0.4 is 0 Å².